The number of hydrogen-bond donors (Lipinski definition) is 1. The number of rotatable bonds is 3. The van der Waals surface area contributed by atoms with E-state index in [1.165, 1.54) is 5.56 Å². The largest absolute Gasteiger partial charge is 0.372 e. The van der Waals surface area contributed by atoms with Crippen LogP contribution in [0.5, 0.6) is 0 Å². The van der Waals surface area contributed by atoms with Crippen LogP contribution in [0.4, 0.5) is 4.79 Å². The van der Waals surface area contributed by atoms with Crippen LogP contribution in [-0.4, -0.2) is 60.3 Å². The number of carbonyl (C=O) groups is 1. The molecule has 1 aromatic rings. The number of likely N-dealkylation sites (tertiary alicyclic amines) is 1. The van der Waals surface area contributed by atoms with E-state index < -0.39 is 0 Å². The van der Waals surface area contributed by atoms with E-state index in [1.54, 1.807) is 0 Å². The molecule has 2 saturated heterocycles. The van der Waals surface area contributed by atoms with Crippen molar-refractivity contribution in [2.24, 2.45) is 0 Å². The standard InChI is InChI=1S/C19H29N3O2/c1-15-12-22(13-16(2)24-15)19(23)20-18-8-10-21(11-9-18)14-17-6-4-3-5-7-17/h3-7,15-16,18H,8-14H2,1-2H3,(H,20,23). The van der Waals surface area contributed by atoms with Gasteiger partial charge in [0.1, 0.15) is 0 Å². The van der Waals surface area contributed by atoms with Gasteiger partial charge in [0.15, 0.2) is 0 Å². The lowest BCUT2D eigenvalue weighted by Crippen LogP contribution is -2.54. The van der Waals surface area contributed by atoms with Crippen molar-refractivity contribution in [2.75, 3.05) is 26.2 Å². The van der Waals surface area contributed by atoms with Crippen molar-refractivity contribution in [3.8, 4) is 0 Å². The summed E-state index contributed by atoms with van der Waals surface area (Å²) in [6, 6.07) is 10.9. The van der Waals surface area contributed by atoms with Gasteiger partial charge in [0, 0.05) is 38.8 Å². The summed E-state index contributed by atoms with van der Waals surface area (Å²) in [5.74, 6) is 0. The summed E-state index contributed by atoms with van der Waals surface area (Å²) < 4.78 is 5.70. The van der Waals surface area contributed by atoms with Gasteiger partial charge in [-0.15, -0.1) is 0 Å². The van der Waals surface area contributed by atoms with Crippen LogP contribution in [0.3, 0.4) is 0 Å². The molecule has 2 fully saturated rings. The molecule has 2 aliphatic heterocycles. The summed E-state index contributed by atoms with van der Waals surface area (Å²) in [5, 5.41) is 3.22. The number of morpholine rings is 1. The van der Waals surface area contributed by atoms with Crippen molar-refractivity contribution < 1.29 is 9.53 Å². The molecule has 5 nitrogen and oxygen atoms in total. The Labute approximate surface area is 145 Å². The number of urea groups is 1. The van der Waals surface area contributed by atoms with Gasteiger partial charge < -0.3 is 15.0 Å². The van der Waals surface area contributed by atoms with E-state index >= 15 is 0 Å². The molecule has 0 bridgehead atoms. The quantitative estimate of drug-likeness (QED) is 0.925. The maximum atomic E-state index is 12.5. The molecule has 0 saturated carbocycles. The average Bonchev–Trinajstić information content (AvgIpc) is 2.57. The number of piperidine rings is 1. The molecule has 1 aromatic carbocycles. The maximum absolute atomic E-state index is 12.5. The van der Waals surface area contributed by atoms with Crippen LogP contribution < -0.4 is 5.32 Å². The normalized spacial score (nSPS) is 26.3. The second-order valence-corrected chi connectivity index (χ2v) is 7.15. The average molecular weight is 331 g/mol. The molecule has 24 heavy (non-hydrogen) atoms. The Hall–Kier alpha value is -1.59. The summed E-state index contributed by atoms with van der Waals surface area (Å²) in [6.07, 6.45) is 2.28. The first-order valence-electron chi connectivity index (χ1n) is 9.07. The van der Waals surface area contributed by atoms with E-state index in [4.69, 9.17) is 4.74 Å². The fraction of sp³-hybridized carbons (Fsp3) is 0.632. The number of carbonyl (C=O) groups excluding carboxylic acids is 1. The molecule has 0 radical (unpaired) electrons. The fourth-order valence-electron chi connectivity index (χ4n) is 3.69. The molecule has 2 atom stereocenters. The minimum Gasteiger partial charge on any atom is -0.372 e. The smallest absolute Gasteiger partial charge is 0.317 e. The highest BCUT2D eigenvalue weighted by Crippen LogP contribution is 2.15. The Balaban J connectivity index is 1.42. The molecule has 0 aliphatic carbocycles. The van der Waals surface area contributed by atoms with Crippen molar-refractivity contribution in [1.29, 1.82) is 0 Å². The lowest BCUT2D eigenvalue weighted by Gasteiger charge is -2.37. The SMILES string of the molecule is CC1CN(C(=O)NC2CCN(Cc3ccccc3)CC2)CC(C)O1. The van der Waals surface area contributed by atoms with Gasteiger partial charge in [-0.05, 0) is 32.3 Å². The van der Waals surface area contributed by atoms with Gasteiger partial charge in [-0.25, -0.2) is 4.79 Å². The van der Waals surface area contributed by atoms with E-state index in [0.29, 0.717) is 13.1 Å². The zero-order valence-corrected chi connectivity index (χ0v) is 14.8. The summed E-state index contributed by atoms with van der Waals surface area (Å²) in [7, 11) is 0. The van der Waals surface area contributed by atoms with Crippen LogP contribution in [0, 0.1) is 0 Å². The maximum Gasteiger partial charge on any atom is 0.317 e. The van der Waals surface area contributed by atoms with E-state index in [2.05, 4.69) is 40.5 Å². The zero-order valence-electron chi connectivity index (χ0n) is 14.8. The topological polar surface area (TPSA) is 44.8 Å². The number of nitrogens with one attached hydrogen (secondary N) is 1. The highest BCUT2D eigenvalue weighted by atomic mass is 16.5. The van der Waals surface area contributed by atoms with Gasteiger partial charge in [-0.1, -0.05) is 30.3 Å². The van der Waals surface area contributed by atoms with Crippen LogP contribution in [0.1, 0.15) is 32.3 Å². The lowest BCUT2D eigenvalue weighted by atomic mass is 10.0. The van der Waals surface area contributed by atoms with Crippen LogP contribution >= 0.6 is 0 Å². The van der Waals surface area contributed by atoms with Gasteiger partial charge in [0.2, 0.25) is 0 Å². The number of benzene rings is 1. The predicted octanol–water partition coefficient (Wildman–Crippen LogP) is 2.47. The third kappa shape index (κ3) is 4.71. The van der Waals surface area contributed by atoms with E-state index in [9.17, 15) is 4.79 Å². The lowest BCUT2D eigenvalue weighted by molar-refractivity contribution is -0.0549. The van der Waals surface area contributed by atoms with E-state index in [0.717, 1.165) is 32.5 Å². The highest BCUT2D eigenvalue weighted by Gasteiger charge is 2.28. The Bertz CT molecular complexity index is 519. The van der Waals surface area contributed by atoms with Crippen molar-refractivity contribution in [3.05, 3.63) is 35.9 Å². The van der Waals surface area contributed by atoms with Gasteiger partial charge in [-0.2, -0.15) is 0 Å². The number of amides is 2. The molecule has 5 heteroatoms. The fourth-order valence-corrected chi connectivity index (χ4v) is 3.69. The Kier molecular flexibility index (Phi) is 5.74. The molecule has 1 N–H and O–H groups in total. The van der Waals surface area contributed by atoms with Crippen LogP contribution in [0.15, 0.2) is 30.3 Å². The molecule has 2 unspecified atom stereocenters. The number of nitrogens with zero attached hydrogens (tertiary/aromatic N) is 2. The second-order valence-electron chi connectivity index (χ2n) is 7.15. The minimum absolute atomic E-state index is 0.0681. The van der Waals surface area contributed by atoms with Gasteiger partial charge in [0.25, 0.3) is 0 Å². The summed E-state index contributed by atoms with van der Waals surface area (Å²) in [6.45, 7) is 8.49. The molecular formula is C19H29N3O2. The van der Waals surface area contributed by atoms with Crippen LogP contribution in [0.2, 0.25) is 0 Å². The third-order valence-corrected chi connectivity index (χ3v) is 4.87. The van der Waals surface area contributed by atoms with Crippen molar-refractivity contribution in [1.82, 2.24) is 15.1 Å². The zero-order chi connectivity index (χ0) is 16.9. The van der Waals surface area contributed by atoms with Gasteiger partial charge >= 0.3 is 6.03 Å². The Morgan fingerprint density at radius 1 is 1.12 bits per heavy atom. The van der Waals surface area contributed by atoms with E-state index in [1.807, 2.05) is 18.7 Å². The Morgan fingerprint density at radius 3 is 2.38 bits per heavy atom. The van der Waals surface area contributed by atoms with Crippen LogP contribution in [-0.2, 0) is 11.3 Å². The first kappa shape index (κ1) is 17.2. The summed E-state index contributed by atoms with van der Waals surface area (Å²) >= 11 is 0. The minimum atomic E-state index is 0.0681. The molecular weight excluding hydrogens is 302 g/mol. The molecule has 132 valence electrons. The van der Waals surface area contributed by atoms with Crippen molar-refractivity contribution in [2.45, 2.75) is 51.5 Å². The van der Waals surface area contributed by atoms with Gasteiger partial charge in [-0.3, -0.25) is 4.90 Å². The molecule has 0 aromatic heterocycles. The van der Waals surface area contributed by atoms with Crippen molar-refractivity contribution >= 4 is 6.03 Å². The first-order valence-corrected chi connectivity index (χ1v) is 9.07. The number of hydrogen-bond acceptors (Lipinski definition) is 3. The molecule has 2 heterocycles. The molecule has 3 rings (SSSR count). The monoisotopic (exact) mass is 331 g/mol. The predicted molar refractivity (Wildman–Crippen MR) is 94.9 cm³/mol. The second kappa shape index (κ2) is 7.99. The molecule has 0 spiro atoms. The van der Waals surface area contributed by atoms with Gasteiger partial charge in [0.05, 0.1) is 12.2 Å². The summed E-state index contributed by atoms with van der Waals surface area (Å²) in [5.41, 5.74) is 1.36. The first-order chi connectivity index (χ1) is 11.6. The van der Waals surface area contributed by atoms with Crippen molar-refractivity contribution in [3.63, 3.8) is 0 Å². The Morgan fingerprint density at radius 2 is 1.75 bits per heavy atom. The number of ether oxygens (including phenoxy) is 1. The highest BCUT2D eigenvalue weighted by molar-refractivity contribution is 5.74. The van der Waals surface area contributed by atoms with Crippen LogP contribution in [0.25, 0.3) is 0 Å². The van der Waals surface area contributed by atoms with E-state index in [-0.39, 0.29) is 24.3 Å². The summed E-state index contributed by atoms with van der Waals surface area (Å²) in [4.78, 5) is 16.8. The molecule has 2 amide bonds. The molecule has 2 aliphatic rings. The third-order valence-electron chi connectivity index (χ3n) is 4.87.